The molecule has 0 heterocycles. The van der Waals surface area contributed by atoms with Crippen molar-refractivity contribution in [1.82, 2.24) is 5.32 Å². The highest BCUT2D eigenvalue weighted by Gasteiger charge is 2.25. The molecule has 0 radical (unpaired) electrons. The molecule has 2 N–H and O–H groups in total. The molecule has 0 aliphatic rings. The van der Waals surface area contributed by atoms with Gasteiger partial charge in [-0.15, -0.1) is 0 Å². The van der Waals surface area contributed by atoms with Crippen molar-refractivity contribution >= 4 is 11.9 Å². The number of carboxylic acid groups (broad SMARTS) is 1. The van der Waals surface area contributed by atoms with Crippen LogP contribution in [0.25, 0.3) is 0 Å². The van der Waals surface area contributed by atoms with Crippen LogP contribution in [0.2, 0.25) is 0 Å². The molecule has 6 nitrogen and oxygen atoms in total. The van der Waals surface area contributed by atoms with Crippen molar-refractivity contribution in [1.29, 1.82) is 0 Å². The first kappa shape index (κ1) is 19.4. The summed E-state index contributed by atoms with van der Waals surface area (Å²) in [5, 5.41) is 11.8. The Balaban J connectivity index is 2.01. The number of amides is 1. The van der Waals surface area contributed by atoms with Crippen molar-refractivity contribution in [3.05, 3.63) is 66.0 Å². The molecule has 0 aromatic heterocycles. The smallest absolute Gasteiger partial charge is 0.346 e. The van der Waals surface area contributed by atoms with E-state index in [9.17, 15) is 19.1 Å². The van der Waals surface area contributed by atoms with Crippen LogP contribution in [0.1, 0.15) is 18.6 Å². The van der Waals surface area contributed by atoms with E-state index < -0.39 is 29.9 Å². The van der Waals surface area contributed by atoms with Gasteiger partial charge in [-0.25, -0.2) is 9.18 Å². The van der Waals surface area contributed by atoms with Crippen LogP contribution in [0.4, 0.5) is 4.39 Å². The van der Waals surface area contributed by atoms with Gasteiger partial charge >= 0.3 is 5.97 Å². The number of hydrogen-bond donors (Lipinski definition) is 2. The van der Waals surface area contributed by atoms with Crippen molar-refractivity contribution in [3.8, 4) is 5.75 Å². The summed E-state index contributed by atoms with van der Waals surface area (Å²) in [6.45, 7) is 1.82. The topological polar surface area (TPSA) is 84.9 Å². The highest BCUT2D eigenvalue weighted by molar-refractivity contribution is 5.83. The van der Waals surface area contributed by atoms with Gasteiger partial charge in [0.05, 0.1) is 6.54 Å². The van der Waals surface area contributed by atoms with Crippen molar-refractivity contribution in [2.75, 3.05) is 13.2 Å². The third kappa shape index (κ3) is 5.56. The van der Waals surface area contributed by atoms with Gasteiger partial charge in [0.15, 0.2) is 6.10 Å². The molecule has 2 atom stereocenters. The van der Waals surface area contributed by atoms with Crippen LogP contribution in [0.15, 0.2) is 54.6 Å². The zero-order valence-electron chi connectivity index (χ0n) is 14.2. The Morgan fingerprint density at radius 2 is 1.77 bits per heavy atom. The number of halogens is 1. The third-order valence-corrected chi connectivity index (χ3v) is 3.50. The van der Waals surface area contributed by atoms with E-state index in [1.54, 1.807) is 31.2 Å². The molecular formula is C19H20FNO5. The molecule has 2 rings (SSSR count). The van der Waals surface area contributed by atoms with E-state index in [2.05, 4.69) is 5.32 Å². The number of rotatable bonds is 9. The van der Waals surface area contributed by atoms with Gasteiger partial charge < -0.3 is 19.9 Å². The predicted molar refractivity (Wildman–Crippen MR) is 92.3 cm³/mol. The normalized spacial score (nSPS) is 12.8. The maximum Gasteiger partial charge on any atom is 0.346 e. The lowest BCUT2D eigenvalue weighted by Gasteiger charge is -2.20. The molecule has 138 valence electrons. The summed E-state index contributed by atoms with van der Waals surface area (Å²) >= 11 is 0. The van der Waals surface area contributed by atoms with Crippen LogP contribution in [0.5, 0.6) is 5.75 Å². The summed E-state index contributed by atoms with van der Waals surface area (Å²) in [4.78, 5) is 23.8. The Labute approximate surface area is 150 Å². The molecule has 1 amide bonds. The quantitative estimate of drug-likeness (QED) is 0.717. The number of benzene rings is 2. The van der Waals surface area contributed by atoms with Gasteiger partial charge in [-0.2, -0.15) is 0 Å². The lowest BCUT2D eigenvalue weighted by Crippen LogP contribution is -2.42. The Bertz CT molecular complexity index is 720. The lowest BCUT2D eigenvalue weighted by atomic mass is 10.1. The van der Waals surface area contributed by atoms with Crippen LogP contribution in [-0.4, -0.2) is 36.2 Å². The first-order valence-electron chi connectivity index (χ1n) is 8.10. The molecular weight excluding hydrogens is 341 g/mol. The second-order valence-electron chi connectivity index (χ2n) is 5.39. The molecule has 0 saturated carbocycles. The zero-order chi connectivity index (χ0) is 18.9. The Hall–Kier alpha value is -2.93. The highest BCUT2D eigenvalue weighted by Crippen LogP contribution is 2.17. The fourth-order valence-electron chi connectivity index (χ4n) is 2.26. The first-order valence-corrected chi connectivity index (χ1v) is 8.10. The number of carboxylic acids is 1. The highest BCUT2D eigenvalue weighted by atomic mass is 19.1. The molecule has 2 unspecified atom stereocenters. The maximum absolute atomic E-state index is 12.9. The summed E-state index contributed by atoms with van der Waals surface area (Å²) in [6, 6.07) is 13.9. The van der Waals surface area contributed by atoms with Gasteiger partial charge in [0.25, 0.3) is 5.91 Å². The standard InChI is InChI=1S/C19H20FNO5/c1-2-25-17(13-6-4-3-5-7-13)18(22)21-12-16(19(23)24)26-15-10-8-14(20)9-11-15/h3-11,16-17H,2,12H2,1H3,(H,21,22)(H,23,24). The van der Waals surface area contributed by atoms with E-state index >= 15 is 0 Å². The van der Waals surface area contributed by atoms with Gasteiger partial charge in [-0.1, -0.05) is 30.3 Å². The van der Waals surface area contributed by atoms with Crippen molar-refractivity contribution in [2.24, 2.45) is 0 Å². The van der Waals surface area contributed by atoms with Gasteiger partial charge in [-0.3, -0.25) is 4.79 Å². The number of aliphatic carboxylic acids is 1. The Morgan fingerprint density at radius 1 is 1.12 bits per heavy atom. The largest absolute Gasteiger partial charge is 0.478 e. The van der Waals surface area contributed by atoms with Crippen LogP contribution in [-0.2, 0) is 14.3 Å². The first-order chi connectivity index (χ1) is 12.5. The number of ether oxygens (including phenoxy) is 2. The van der Waals surface area contributed by atoms with Crippen LogP contribution in [0.3, 0.4) is 0 Å². The summed E-state index contributed by atoms with van der Waals surface area (Å²) in [5.41, 5.74) is 0.665. The molecule has 0 saturated heterocycles. The SMILES string of the molecule is CCOC(C(=O)NCC(Oc1ccc(F)cc1)C(=O)O)c1ccccc1. The van der Waals surface area contributed by atoms with Gasteiger partial charge in [-0.05, 0) is 36.8 Å². The van der Waals surface area contributed by atoms with E-state index in [0.29, 0.717) is 12.2 Å². The van der Waals surface area contributed by atoms with Crippen molar-refractivity contribution in [2.45, 2.75) is 19.1 Å². The number of nitrogens with one attached hydrogen (secondary N) is 1. The van der Waals surface area contributed by atoms with Gasteiger partial charge in [0.1, 0.15) is 11.6 Å². The molecule has 26 heavy (non-hydrogen) atoms. The Morgan fingerprint density at radius 3 is 2.35 bits per heavy atom. The van der Waals surface area contributed by atoms with Crippen LogP contribution >= 0.6 is 0 Å². The Kier molecular flexibility index (Phi) is 7.11. The molecule has 0 fully saturated rings. The van der Waals surface area contributed by atoms with E-state index in [4.69, 9.17) is 9.47 Å². The fourth-order valence-corrected chi connectivity index (χ4v) is 2.26. The fraction of sp³-hybridized carbons (Fsp3) is 0.263. The monoisotopic (exact) mass is 361 g/mol. The number of hydrogen-bond acceptors (Lipinski definition) is 4. The van der Waals surface area contributed by atoms with Crippen LogP contribution in [0, 0.1) is 5.82 Å². The summed E-state index contributed by atoms with van der Waals surface area (Å²) in [5.74, 6) is -1.98. The molecule has 0 aliphatic carbocycles. The van der Waals surface area contributed by atoms with E-state index in [-0.39, 0.29) is 12.3 Å². The lowest BCUT2D eigenvalue weighted by molar-refractivity contribution is -0.145. The van der Waals surface area contributed by atoms with Gasteiger partial charge in [0.2, 0.25) is 6.10 Å². The minimum absolute atomic E-state index is 0.192. The van der Waals surface area contributed by atoms with Crippen LogP contribution < -0.4 is 10.1 Å². The van der Waals surface area contributed by atoms with Gasteiger partial charge in [0, 0.05) is 6.61 Å². The third-order valence-electron chi connectivity index (χ3n) is 3.50. The average Bonchev–Trinajstić information content (AvgIpc) is 2.65. The van der Waals surface area contributed by atoms with Crippen molar-refractivity contribution < 1.29 is 28.6 Å². The summed E-state index contributed by atoms with van der Waals surface area (Å²) in [7, 11) is 0. The molecule has 0 bridgehead atoms. The zero-order valence-corrected chi connectivity index (χ0v) is 14.2. The molecule has 0 aliphatic heterocycles. The summed E-state index contributed by atoms with van der Waals surface area (Å²) < 4.78 is 23.7. The second-order valence-corrected chi connectivity index (χ2v) is 5.39. The molecule has 0 spiro atoms. The minimum Gasteiger partial charge on any atom is -0.478 e. The van der Waals surface area contributed by atoms with Crippen molar-refractivity contribution in [3.63, 3.8) is 0 Å². The van der Waals surface area contributed by atoms with E-state index in [1.165, 1.54) is 12.1 Å². The molecule has 2 aromatic rings. The number of carbonyl (C=O) groups is 2. The number of carbonyl (C=O) groups excluding carboxylic acids is 1. The predicted octanol–water partition coefficient (Wildman–Crippen LogP) is 2.55. The molecule has 7 heteroatoms. The minimum atomic E-state index is -1.32. The van der Waals surface area contributed by atoms with E-state index in [1.807, 2.05) is 6.07 Å². The molecule has 2 aromatic carbocycles. The summed E-state index contributed by atoms with van der Waals surface area (Å²) in [6.07, 6.45) is -2.16. The maximum atomic E-state index is 12.9. The average molecular weight is 361 g/mol. The van der Waals surface area contributed by atoms with E-state index in [0.717, 1.165) is 12.1 Å². The second kappa shape index (κ2) is 9.53.